The smallest absolute Gasteiger partial charge is 0.251 e. The van der Waals surface area contributed by atoms with Crippen molar-refractivity contribution in [1.82, 2.24) is 10.2 Å². The van der Waals surface area contributed by atoms with Gasteiger partial charge in [-0.05, 0) is 30.2 Å². The molecule has 27 heavy (non-hydrogen) atoms. The van der Waals surface area contributed by atoms with Gasteiger partial charge in [-0.2, -0.15) is 0 Å². The summed E-state index contributed by atoms with van der Waals surface area (Å²) in [7, 11) is 0. The van der Waals surface area contributed by atoms with Crippen molar-refractivity contribution < 1.29 is 9.59 Å². The maximum Gasteiger partial charge on any atom is 0.251 e. The third-order valence-corrected chi connectivity index (χ3v) is 4.97. The topological polar surface area (TPSA) is 52.7 Å². The van der Waals surface area contributed by atoms with Crippen LogP contribution in [0.1, 0.15) is 24.2 Å². The Labute approximate surface area is 161 Å². The molecule has 0 unspecified atom stereocenters. The Bertz CT molecular complexity index is 754. The summed E-state index contributed by atoms with van der Waals surface area (Å²) in [5, 5.41) is 2.93. The molecule has 0 aliphatic carbocycles. The molecule has 0 bridgehead atoms. The summed E-state index contributed by atoms with van der Waals surface area (Å²) in [6, 6.07) is 18.8. The minimum Gasteiger partial charge on any atom is -0.368 e. The molecule has 1 N–H and O–H groups in total. The Morgan fingerprint density at radius 3 is 1.96 bits per heavy atom. The van der Waals surface area contributed by atoms with Crippen LogP contribution >= 0.6 is 0 Å². The quantitative estimate of drug-likeness (QED) is 0.886. The number of carbonyl (C=O) groups excluding carboxylic acids is 2. The lowest BCUT2D eigenvalue weighted by Gasteiger charge is -2.38. The van der Waals surface area contributed by atoms with E-state index in [1.807, 2.05) is 55.1 Å². The fourth-order valence-electron chi connectivity index (χ4n) is 3.35. The molecule has 0 aromatic heterocycles. The molecule has 1 fully saturated rings. The minimum absolute atomic E-state index is 0.00185. The maximum atomic E-state index is 13.0. The number of hydrogen-bond donors (Lipinski definition) is 1. The van der Waals surface area contributed by atoms with Crippen LogP contribution in [0, 0.1) is 5.92 Å². The van der Waals surface area contributed by atoms with Crippen LogP contribution in [0.15, 0.2) is 60.7 Å². The van der Waals surface area contributed by atoms with Gasteiger partial charge in [0.05, 0.1) is 0 Å². The van der Waals surface area contributed by atoms with Crippen LogP contribution < -0.4 is 10.2 Å². The summed E-state index contributed by atoms with van der Waals surface area (Å²) in [5.41, 5.74) is 1.76. The lowest BCUT2D eigenvalue weighted by molar-refractivity contribution is -0.134. The predicted octanol–water partition coefficient (Wildman–Crippen LogP) is 2.79. The largest absolute Gasteiger partial charge is 0.368 e. The molecule has 5 nitrogen and oxygen atoms in total. The standard InChI is InChI=1S/C22H27N3O2/c1-17(2)20(23-21(26)18-9-5-3-6-10-18)22(27)25-15-13-24(14-16-25)19-11-7-4-8-12-19/h3-12,17,20H,13-16H2,1-2H3,(H,23,26)/t20-/m0/s1. The molecule has 3 rings (SSSR count). The van der Waals surface area contributed by atoms with E-state index < -0.39 is 6.04 Å². The van der Waals surface area contributed by atoms with Crippen molar-refractivity contribution in [2.75, 3.05) is 31.1 Å². The number of anilines is 1. The Kier molecular flexibility index (Phi) is 6.12. The zero-order chi connectivity index (χ0) is 19.2. The zero-order valence-corrected chi connectivity index (χ0v) is 16.0. The number of carbonyl (C=O) groups is 2. The summed E-state index contributed by atoms with van der Waals surface area (Å²) in [4.78, 5) is 29.7. The lowest BCUT2D eigenvalue weighted by Crippen LogP contribution is -2.56. The van der Waals surface area contributed by atoms with Gasteiger partial charge in [-0.25, -0.2) is 0 Å². The second-order valence-corrected chi connectivity index (χ2v) is 7.21. The summed E-state index contributed by atoms with van der Waals surface area (Å²) in [6.45, 7) is 6.86. The van der Waals surface area contributed by atoms with E-state index in [0.29, 0.717) is 18.7 Å². The van der Waals surface area contributed by atoms with Gasteiger partial charge >= 0.3 is 0 Å². The summed E-state index contributed by atoms with van der Waals surface area (Å²) in [5.74, 6) is -0.176. The van der Waals surface area contributed by atoms with Crippen LogP contribution in [0.2, 0.25) is 0 Å². The highest BCUT2D eigenvalue weighted by molar-refractivity contribution is 5.97. The number of hydrogen-bond acceptors (Lipinski definition) is 3. The lowest BCUT2D eigenvalue weighted by atomic mass is 10.0. The molecule has 2 amide bonds. The molecule has 2 aromatic rings. The van der Waals surface area contributed by atoms with Gasteiger partial charge in [0, 0.05) is 37.4 Å². The Morgan fingerprint density at radius 2 is 1.41 bits per heavy atom. The number of rotatable bonds is 5. The molecule has 2 aromatic carbocycles. The van der Waals surface area contributed by atoms with Crippen LogP contribution in [0.4, 0.5) is 5.69 Å². The first-order valence-corrected chi connectivity index (χ1v) is 9.51. The summed E-state index contributed by atoms with van der Waals surface area (Å²) < 4.78 is 0. The van der Waals surface area contributed by atoms with Gasteiger partial charge in [0.25, 0.3) is 5.91 Å². The van der Waals surface area contributed by atoms with Crippen molar-refractivity contribution in [2.24, 2.45) is 5.92 Å². The Balaban J connectivity index is 1.61. The number of amides is 2. The minimum atomic E-state index is -0.513. The van der Waals surface area contributed by atoms with E-state index in [1.165, 1.54) is 5.69 Å². The van der Waals surface area contributed by atoms with Gasteiger partial charge in [0.2, 0.25) is 5.91 Å². The fraction of sp³-hybridized carbons (Fsp3) is 0.364. The van der Waals surface area contributed by atoms with Gasteiger partial charge in [0.1, 0.15) is 6.04 Å². The Morgan fingerprint density at radius 1 is 0.852 bits per heavy atom. The van der Waals surface area contributed by atoms with Crippen LogP contribution in [-0.2, 0) is 4.79 Å². The average Bonchev–Trinajstić information content (AvgIpc) is 2.72. The number of nitrogens with zero attached hydrogens (tertiary/aromatic N) is 2. The molecular weight excluding hydrogens is 338 g/mol. The highest BCUT2D eigenvalue weighted by Crippen LogP contribution is 2.17. The second-order valence-electron chi connectivity index (χ2n) is 7.21. The SMILES string of the molecule is CC(C)[C@H](NC(=O)c1ccccc1)C(=O)N1CCN(c2ccccc2)CC1. The highest BCUT2D eigenvalue weighted by atomic mass is 16.2. The number of benzene rings is 2. The van der Waals surface area contributed by atoms with Crippen molar-refractivity contribution in [1.29, 1.82) is 0 Å². The van der Waals surface area contributed by atoms with Crippen molar-refractivity contribution in [2.45, 2.75) is 19.9 Å². The molecule has 0 saturated carbocycles. The molecule has 5 heteroatoms. The Hall–Kier alpha value is -2.82. The van der Waals surface area contributed by atoms with Crippen molar-refractivity contribution >= 4 is 17.5 Å². The summed E-state index contributed by atoms with van der Waals surface area (Å²) in [6.07, 6.45) is 0. The van der Waals surface area contributed by atoms with Crippen LogP contribution in [0.3, 0.4) is 0 Å². The third kappa shape index (κ3) is 4.67. The highest BCUT2D eigenvalue weighted by Gasteiger charge is 2.30. The van der Waals surface area contributed by atoms with Crippen molar-refractivity contribution in [3.63, 3.8) is 0 Å². The predicted molar refractivity (Wildman–Crippen MR) is 108 cm³/mol. The van der Waals surface area contributed by atoms with E-state index in [9.17, 15) is 9.59 Å². The molecule has 1 atom stereocenters. The first kappa shape index (κ1) is 19.0. The van der Waals surface area contributed by atoms with Crippen molar-refractivity contribution in [3.8, 4) is 0 Å². The van der Waals surface area contributed by atoms with Crippen LogP contribution in [0.5, 0.6) is 0 Å². The van der Waals surface area contributed by atoms with E-state index in [-0.39, 0.29) is 17.7 Å². The molecule has 0 spiro atoms. The van der Waals surface area contributed by atoms with E-state index in [4.69, 9.17) is 0 Å². The molecule has 1 saturated heterocycles. The molecule has 1 aliphatic heterocycles. The van der Waals surface area contributed by atoms with E-state index in [2.05, 4.69) is 22.3 Å². The van der Waals surface area contributed by atoms with E-state index in [1.54, 1.807) is 12.1 Å². The van der Waals surface area contributed by atoms with Gasteiger partial charge in [0.15, 0.2) is 0 Å². The molecule has 1 aliphatic rings. The van der Waals surface area contributed by atoms with Gasteiger partial charge < -0.3 is 15.1 Å². The molecule has 1 heterocycles. The van der Waals surface area contributed by atoms with Gasteiger partial charge in [-0.15, -0.1) is 0 Å². The normalized spacial score (nSPS) is 15.5. The summed E-state index contributed by atoms with van der Waals surface area (Å²) >= 11 is 0. The fourth-order valence-corrected chi connectivity index (χ4v) is 3.35. The van der Waals surface area contributed by atoms with Gasteiger partial charge in [-0.1, -0.05) is 50.2 Å². The van der Waals surface area contributed by atoms with E-state index >= 15 is 0 Å². The van der Waals surface area contributed by atoms with Gasteiger partial charge in [-0.3, -0.25) is 9.59 Å². The van der Waals surface area contributed by atoms with E-state index in [0.717, 1.165) is 13.1 Å². The number of nitrogens with one attached hydrogen (secondary N) is 1. The molecular formula is C22H27N3O2. The first-order chi connectivity index (χ1) is 13.1. The first-order valence-electron chi connectivity index (χ1n) is 9.51. The maximum absolute atomic E-state index is 13.0. The average molecular weight is 365 g/mol. The van der Waals surface area contributed by atoms with Crippen molar-refractivity contribution in [3.05, 3.63) is 66.2 Å². The molecule has 142 valence electrons. The molecule has 0 radical (unpaired) electrons. The van der Waals surface area contributed by atoms with Crippen LogP contribution in [-0.4, -0.2) is 48.9 Å². The number of para-hydroxylation sites is 1. The third-order valence-electron chi connectivity index (χ3n) is 4.97. The monoisotopic (exact) mass is 365 g/mol. The van der Waals surface area contributed by atoms with Crippen LogP contribution in [0.25, 0.3) is 0 Å². The second kappa shape index (κ2) is 8.71. The number of piperazine rings is 1. The zero-order valence-electron chi connectivity index (χ0n) is 16.0.